The van der Waals surface area contributed by atoms with Crippen LogP contribution < -0.4 is 10.6 Å². The van der Waals surface area contributed by atoms with Gasteiger partial charge < -0.3 is 15.5 Å². The average molecular weight is 456 g/mol. The smallest absolute Gasteiger partial charge is 0.248 e. The molecule has 0 aliphatic rings. The summed E-state index contributed by atoms with van der Waals surface area (Å²) in [6, 6.07) is 0. The summed E-state index contributed by atoms with van der Waals surface area (Å²) in [5.74, 6) is -0.216. The summed E-state index contributed by atoms with van der Waals surface area (Å²) in [6.07, 6.45) is 2.92. The summed E-state index contributed by atoms with van der Waals surface area (Å²) in [7, 11) is 0. The number of hydrogen-bond donors (Lipinski definition) is 2. The molecule has 0 aromatic carbocycles. The first kappa shape index (κ1) is 40.0. The van der Waals surface area contributed by atoms with E-state index in [2.05, 4.69) is 30.4 Å². The molecule has 0 bridgehead atoms. The molecule has 0 saturated carbocycles. The maximum atomic E-state index is 12.0. The molecule has 32 heavy (non-hydrogen) atoms. The van der Waals surface area contributed by atoms with Gasteiger partial charge in [-0.05, 0) is 47.0 Å². The van der Waals surface area contributed by atoms with E-state index in [9.17, 15) is 14.4 Å². The number of nitrogens with zero attached hydrogens (tertiary/aromatic N) is 1. The van der Waals surface area contributed by atoms with Gasteiger partial charge in [0.1, 0.15) is 0 Å². The lowest BCUT2D eigenvalue weighted by Crippen LogP contribution is -2.35. The van der Waals surface area contributed by atoms with Crippen LogP contribution >= 0.6 is 0 Å². The molecule has 0 aromatic heterocycles. The van der Waals surface area contributed by atoms with Crippen LogP contribution in [0.5, 0.6) is 0 Å². The molecule has 190 valence electrons. The molecular weight excluding hydrogens is 402 g/mol. The van der Waals surface area contributed by atoms with E-state index in [1.165, 1.54) is 5.57 Å². The standard InChI is InChI=1S/C16H27N3O3.C4H8.3C2H6/c1-13(2)15(21)18-9-5-6-10-19(16(22)14(3)4)11-7-8-17-12-20;1-4(2)3;3*1-2/h12H,1,3,5-11H2,2,4H3,(H,17,20)(H,18,21);1H2,2-3H3;3*1-2H3. The topological polar surface area (TPSA) is 78.5 Å². The maximum Gasteiger partial charge on any atom is 0.248 e. The van der Waals surface area contributed by atoms with Gasteiger partial charge in [0, 0.05) is 37.3 Å². The van der Waals surface area contributed by atoms with Crippen molar-refractivity contribution in [2.75, 3.05) is 26.2 Å². The lowest BCUT2D eigenvalue weighted by molar-refractivity contribution is -0.127. The zero-order chi connectivity index (χ0) is 26.5. The monoisotopic (exact) mass is 455 g/mol. The van der Waals surface area contributed by atoms with E-state index in [-0.39, 0.29) is 11.8 Å². The Bertz CT molecular complexity index is 497. The third-order valence-corrected chi connectivity index (χ3v) is 3.01. The second kappa shape index (κ2) is 33.3. The number of carbonyl (C=O) groups is 3. The van der Waals surface area contributed by atoms with Crippen molar-refractivity contribution in [2.24, 2.45) is 0 Å². The lowest BCUT2D eigenvalue weighted by Gasteiger charge is -2.23. The summed E-state index contributed by atoms with van der Waals surface area (Å²) in [5.41, 5.74) is 2.15. The Morgan fingerprint density at radius 3 is 1.56 bits per heavy atom. The molecule has 0 rings (SSSR count). The Labute approximate surface area is 199 Å². The van der Waals surface area contributed by atoms with Crippen molar-refractivity contribution in [3.8, 4) is 0 Å². The molecule has 0 spiro atoms. The Morgan fingerprint density at radius 1 is 0.750 bits per heavy atom. The van der Waals surface area contributed by atoms with Gasteiger partial charge >= 0.3 is 0 Å². The largest absolute Gasteiger partial charge is 0.359 e. The Balaban J connectivity index is -0.000000208. The SMILES string of the molecule is C=C(C)C.C=C(C)C(=O)NCCCCN(CCCNC=O)C(=O)C(=C)C.CC.CC.CC. The van der Waals surface area contributed by atoms with Gasteiger partial charge in [0.05, 0.1) is 0 Å². The second-order valence-corrected chi connectivity index (χ2v) is 6.45. The number of rotatable bonds is 12. The third kappa shape index (κ3) is 35.1. The fourth-order valence-electron chi connectivity index (χ4n) is 1.80. The van der Waals surface area contributed by atoms with Gasteiger partial charge in [0.25, 0.3) is 0 Å². The van der Waals surface area contributed by atoms with Gasteiger partial charge in [-0.15, -0.1) is 6.58 Å². The van der Waals surface area contributed by atoms with E-state index in [1.54, 1.807) is 18.7 Å². The van der Waals surface area contributed by atoms with Crippen LogP contribution in [0.2, 0.25) is 0 Å². The van der Waals surface area contributed by atoms with E-state index < -0.39 is 0 Å². The van der Waals surface area contributed by atoms with Crippen LogP contribution in [-0.4, -0.2) is 49.3 Å². The van der Waals surface area contributed by atoms with E-state index in [0.717, 1.165) is 12.8 Å². The normalized spacial score (nSPS) is 8.06. The Hall–Kier alpha value is -2.37. The highest BCUT2D eigenvalue weighted by Gasteiger charge is 2.13. The van der Waals surface area contributed by atoms with Crippen LogP contribution in [0.4, 0.5) is 0 Å². The van der Waals surface area contributed by atoms with Crippen molar-refractivity contribution in [1.29, 1.82) is 0 Å². The minimum atomic E-state index is -0.144. The molecular formula is C26H53N3O3. The first-order valence-electron chi connectivity index (χ1n) is 11.8. The van der Waals surface area contributed by atoms with Gasteiger partial charge in [0.15, 0.2) is 0 Å². The highest BCUT2D eigenvalue weighted by atomic mass is 16.2. The molecule has 0 unspecified atom stereocenters. The van der Waals surface area contributed by atoms with Crippen molar-refractivity contribution in [3.05, 3.63) is 36.5 Å². The van der Waals surface area contributed by atoms with Gasteiger partial charge in [-0.2, -0.15) is 0 Å². The van der Waals surface area contributed by atoms with Crippen LogP contribution in [-0.2, 0) is 14.4 Å². The molecule has 0 aliphatic heterocycles. The Kier molecular flexibility index (Phi) is 41.6. The fraction of sp³-hybridized carbons (Fsp3) is 0.654. The predicted molar refractivity (Wildman–Crippen MR) is 142 cm³/mol. The molecule has 0 atom stereocenters. The van der Waals surface area contributed by atoms with E-state index in [1.807, 2.05) is 55.4 Å². The fourth-order valence-corrected chi connectivity index (χ4v) is 1.80. The number of amides is 3. The molecule has 2 N–H and O–H groups in total. The first-order chi connectivity index (χ1) is 15.1. The molecule has 0 aromatic rings. The van der Waals surface area contributed by atoms with Crippen LogP contribution in [0.1, 0.15) is 88.5 Å². The molecule has 0 aliphatic carbocycles. The summed E-state index contributed by atoms with van der Waals surface area (Å²) in [5, 5.41) is 5.33. The molecule has 0 saturated heterocycles. The lowest BCUT2D eigenvalue weighted by atomic mass is 10.2. The van der Waals surface area contributed by atoms with Crippen LogP contribution in [0.15, 0.2) is 36.5 Å². The van der Waals surface area contributed by atoms with Crippen molar-refractivity contribution < 1.29 is 14.4 Å². The van der Waals surface area contributed by atoms with Gasteiger partial charge in [0.2, 0.25) is 18.2 Å². The quantitative estimate of drug-likeness (QED) is 0.172. The van der Waals surface area contributed by atoms with Gasteiger partial charge in [-0.1, -0.05) is 60.3 Å². The zero-order valence-corrected chi connectivity index (χ0v) is 22.8. The molecule has 3 amide bonds. The summed E-state index contributed by atoms with van der Waals surface area (Å²) >= 11 is 0. The predicted octanol–water partition coefficient (Wildman–Crippen LogP) is 5.66. The van der Waals surface area contributed by atoms with Crippen molar-refractivity contribution in [3.63, 3.8) is 0 Å². The summed E-state index contributed by atoms with van der Waals surface area (Å²) in [6.45, 7) is 32.4. The van der Waals surface area contributed by atoms with E-state index in [0.29, 0.717) is 50.2 Å². The molecule has 0 fully saturated rings. The van der Waals surface area contributed by atoms with Crippen molar-refractivity contribution in [2.45, 2.75) is 88.5 Å². The van der Waals surface area contributed by atoms with Gasteiger partial charge in [-0.25, -0.2) is 0 Å². The summed E-state index contributed by atoms with van der Waals surface area (Å²) in [4.78, 5) is 35.3. The number of carbonyl (C=O) groups excluding carboxylic acids is 3. The third-order valence-electron chi connectivity index (χ3n) is 3.01. The highest BCUT2D eigenvalue weighted by molar-refractivity contribution is 5.92. The number of hydrogen-bond acceptors (Lipinski definition) is 3. The average Bonchev–Trinajstić information content (AvgIpc) is 2.78. The summed E-state index contributed by atoms with van der Waals surface area (Å²) < 4.78 is 0. The Morgan fingerprint density at radius 2 is 1.19 bits per heavy atom. The minimum absolute atomic E-state index is 0.0722. The molecule has 6 nitrogen and oxygen atoms in total. The van der Waals surface area contributed by atoms with Crippen LogP contribution in [0, 0.1) is 0 Å². The number of allylic oxidation sites excluding steroid dienone is 1. The molecule has 0 radical (unpaired) electrons. The highest BCUT2D eigenvalue weighted by Crippen LogP contribution is 2.03. The van der Waals surface area contributed by atoms with Gasteiger partial charge in [-0.3, -0.25) is 14.4 Å². The van der Waals surface area contributed by atoms with Crippen LogP contribution in [0.25, 0.3) is 0 Å². The second-order valence-electron chi connectivity index (χ2n) is 6.45. The minimum Gasteiger partial charge on any atom is -0.359 e. The van der Waals surface area contributed by atoms with E-state index in [4.69, 9.17) is 0 Å². The number of unbranched alkanes of at least 4 members (excludes halogenated alkanes) is 1. The van der Waals surface area contributed by atoms with E-state index >= 15 is 0 Å². The van der Waals surface area contributed by atoms with Crippen molar-refractivity contribution >= 4 is 18.2 Å². The van der Waals surface area contributed by atoms with Crippen molar-refractivity contribution in [1.82, 2.24) is 15.5 Å². The first-order valence-corrected chi connectivity index (χ1v) is 11.8. The van der Waals surface area contributed by atoms with Crippen LogP contribution in [0.3, 0.4) is 0 Å². The maximum absolute atomic E-state index is 12.0. The molecule has 0 heterocycles. The zero-order valence-electron chi connectivity index (χ0n) is 22.8. The molecule has 6 heteroatoms. The number of nitrogens with one attached hydrogen (secondary N) is 2.